The van der Waals surface area contributed by atoms with E-state index < -0.39 is 10.8 Å². The third-order valence-corrected chi connectivity index (χ3v) is 5.54. The number of amides is 1. The number of rotatable bonds is 6. The zero-order valence-electron chi connectivity index (χ0n) is 19.2. The molecule has 11 nitrogen and oxygen atoms in total. The van der Waals surface area contributed by atoms with E-state index in [1.165, 1.54) is 23.0 Å². The van der Waals surface area contributed by atoms with Gasteiger partial charge in [0.25, 0.3) is 11.6 Å². The van der Waals surface area contributed by atoms with Gasteiger partial charge in [0.1, 0.15) is 22.5 Å². The number of methoxy groups -OCH3 is 1. The number of carbonyl (C=O) groups excluding carboxylic acids is 1. The van der Waals surface area contributed by atoms with Crippen LogP contribution in [0.5, 0.6) is 5.75 Å². The van der Waals surface area contributed by atoms with Crippen molar-refractivity contribution in [3.63, 3.8) is 0 Å². The Morgan fingerprint density at radius 1 is 1.03 bits per heavy atom. The lowest BCUT2D eigenvalue weighted by molar-refractivity contribution is -0.384. The summed E-state index contributed by atoms with van der Waals surface area (Å²) in [6, 6.07) is 21.6. The van der Waals surface area contributed by atoms with E-state index in [0.29, 0.717) is 28.0 Å². The summed E-state index contributed by atoms with van der Waals surface area (Å²) in [4.78, 5) is 24.6. The first-order valence-electron chi connectivity index (χ1n) is 10.9. The molecular formula is C25H18N6O5S. The predicted molar refractivity (Wildman–Crippen MR) is 140 cm³/mol. The molecule has 0 atom stereocenters. The van der Waals surface area contributed by atoms with E-state index in [0.717, 1.165) is 11.4 Å². The number of ether oxygens (including phenoxy) is 1. The smallest absolute Gasteiger partial charge is 0.293 e. The maximum absolute atomic E-state index is 12.6. The lowest BCUT2D eigenvalue weighted by Gasteiger charge is -2.08. The molecule has 0 aliphatic heterocycles. The van der Waals surface area contributed by atoms with Gasteiger partial charge >= 0.3 is 0 Å². The third-order valence-electron chi connectivity index (χ3n) is 5.34. The second kappa shape index (κ2) is 9.87. The van der Waals surface area contributed by atoms with Crippen LogP contribution in [0.25, 0.3) is 28.0 Å². The van der Waals surface area contributed by atoms with Crippen LogP contribution in [0.3, 0.4) is 0 Å². The van der Waals surface area contributed by atoms with Crippen molar-refractivity contribution < 1.29 is 18.9 Å². The second-order valence-electron chi connectivity index (χ2n) is 7.77. The fourth-order valence-corrected chi connectivity index (χ4v) is 3.75. The molecule has 37 heavy (non-hydrogen) atoms. The van der Waals surface area contributed by atoms with Gasteiger partial charge in [-0.25, -0.2) is 0 Å². The van der Waals surface area contributed by atoms with Crippen LogP contribution >= 0.6 is 12.2 Å². The minimum Gasteiger partial charge on any atom is -0.497 e. The molecular weight excluding hydrogens is 496 g/mol. The van der Waals surface area contributed by atoms with Crippen LogP contribution in [0.2, 0.25) is 0 Å². The Morgan fingerprint density at radius 3 is 2.57 bits per heavy atom. The monoisotopic (exact) mass is 514 g/mol. The lowest BCUT2D eigenvalue weighted by atomic mass is 10.1. The van der Waals surface area contributed by atoms with Crippen molar-refractivity contribution >= 4 is 45.6 Å². The maximum Gasteiger partial charge on any atom is 0.293 e. The van der Waals surface area contributed by atoms with E-state index in [4.69, 9.17) is 21.4 Å². The molecule has 5 aromatic rings. The van der Waals surface area contributed by atoms with Crippen LogP contribution in [0, 0.1) is 10.1 Å². The van der Waals surface area contributed by atoms with Crippen LogP contribution in [0.1, 0.15) is 10.6 Å². The second-order valence-corrected chi connectivity index (χ2v) is 8.18. The Kier molecular flexibility index (Phi) is 6.31. The number of thiocarbonyl (C=S) groups is 1. The summed E-state index contributed by atoms with van der Waals surface area (Å²) in [5.74, 6) is 0.486. The van der Waals surface area contributed by atoms with Crippen molar-refractivity contribution in [1.82, 2.24) is 20.3 Å². The molecule has 0 aliphatic rings. The minimum atomic E-state index is -0.569. The number of nitro benzene ring substituents is 1. The summed E-state index contributed by atoms with van der Waals surface area (Å²) in [6.07, 6.45) is 0. The number of aromatic nitrogens is 3. The molecule has 0 fully saturated rings. The van der Waals surface area contributed by atoms with Gasteiger partial charge in [0.2, 0.25) is 0 Å². The first-order valence-corrected chi connectivity index (χ1v) is 11.3. The van der Waals surface area contributed by atoms with Crippen LogP contribution in [-0.4, -0.2) is 38.0 Å². The molecule has 3 aromatic carbocycles. The molecule has 0 aliphatic carbocycles. The van der Waals surface area contributed by atoms with Crippen molar-refractivity contribution in [1.29, 1.82) is 0 Å². The highest BCUT2D eigenvalue weighted by molar-refractivity contribution is 7.80. The number of benzene rings is 3. The van der Waals surface area contributed by atoms with Crippen molar-refractivity contribution in [2.45, 2.75) is 0 Å². The number of hydrogen-bond acceptors (Lipinski definition) is 8. The van der Waals surface area contributed by atoms with E-state index in [1.54, 1.807) is 43.5 Å². The van der Waals surface area contributed by atoms with Gasteiger partial charge < -0.3 is 14.5 Å². The van der Waals surface area contributed by atoms with Gasteiger partial charge in [0.05, 0.1) is 17.7 Å². The van der Waals surface area contributed by atoms with Gasteiger partial charge in [-0.1, -0.05) is 12.1 Å². The zero-order valence-corrected chi connectivity index (χ0v) is 20.1. The Hall–Kier alpha value is -5.10. The molecule has 0 unspecified atom stereocenters. The lowest BCUT2D eigenvalue weighted by Crippen LogP contribution is -2.33. The van der Waals surface area contributed by atoms with E-state index in [1.807, 2.05) is 24.3 Å². The van der Waals surface area contributed by atoms with Crippen LogP contribution < -0.4 is 15.4 Å². The number of non-ortho nitro benzene ring substituents is 1. The van der Waals surface area contributed by atoms with Crippen LogP contribution in [0.15, 0.2) is 83.3 Å². The SMILES string of the molecule is COc1ccc(-n2nc3ccc(NC(=S)NC(=O)c4ccc(-c5cccc([N+](=O)[O-])c5)o4)cc3n2)cc1. The van der Waals surface area contributed by atoms with Crippen molar-refractivity contribution in [2.75, 3.05) is 12.4 Å². The van der Waals surface area contributed by atoms with Gasteiger partial charge in [0, 0.05) is 23.4 Å². The minimum absolute atomic E-state index is 0.00328. The average Bonchev–Trinajstić information content (AvgIpc) is 3.56. The molecule has 2 aromatic heterocycles. The largest absolute Gasteiger partial charge is 0.497 e. The highest BCUT2D eigenvalue weighted by Crippen LogP contribution is 2.26. The van der Waals surface area contributed by atoms with Crippen molar-refractivity contribution in [3.05, 3.63) is 94.7 Å². The van der Waals surface area contributed by atoms with Crippen LogP contribution in [-0.2, 0) is 0 Å². The Morgan fingerprint density at radius 2 is 1.81 bits per heavy atom. The highest BCUT2D eigenvalue weighted by atomic mass is 32.1. The van der Waals surface area contributed by atoms with E-state index >= 15 is 0 Å². The molecule has 0 saturated carbocycles. The van der Waals surface area contributed by atoms with Crippen molar-refractivity contribution in [3.8, 4) is 22.8 Å². The number of nitrogens with zero attached hydrogens (tertiary/aromatic N) is 4. The van der Waals surface area contributed by atoms with E-state index in [2.05, 4.69) is 20.8 Å². The molecule has 12 heteroatoms. The molecule has 0 bridgehead atoms. The topological polar surface area (TPSA) is 137 Å². The predicted octanol–water partition coefficient (Wildman–Crippen LogP) is 4.72. The fourth-order valence-electron chi connectivity index (χ4n) is 3.54. The van der Waals surface area contributed by atoms with Gasteiger partial charge in [-0.2, -0.15) is 4.80 Å². The number of furan rings is 1. The number of nitro groups is 1. The number of fused-ring (bicyclic) bond motifs is 1. The summed E-state index contributed by atoms with van der Waals surface area (Å²) in [6.45, 7) is 0. The summed E-state index contributed by atoms with van der Waals surface area (Å²) >= 11 is 5.27. The molecule has 1 amide bonds. The molecule has 2 N–H and O–H groups in total. The quantitative estimate of drug-likeness (QED) is 0.187. The standard InChI is InChI=1S/C25H18N6O5S/c1-35-19-8-6-17(7-9-19)30-28-20-10-5-16(14-21(20)29-30)26-25(37)27-24(32)23-12-11-22(36-23)15-3-2-4-18(13-15)31(33)34/h2-14H,1H3,(H2,26,27,32,37). The van der Waals surface area contributed by atoms with Gasteiger partial charge in [-0.3, -0.25) is 20.2 Å². The molecule has 2 heterocycles. The summed E-state index contributed by atoms with van der Waals surface area (Å²) in [5, 5.41) is 25.5. The zero-order chi connectivity index (χ0) is 25.9. The molecule has 0 spiro atoms. The molecule has 0 saturated heterocycles. The normalized spacial score (nSPS) is 10.7. The number of hydrogen-bond donors (Lipinski definition) is 2. The summed E-state index contributed by atoms with van der Waals surface area (Å²) in [5.41, 5.74) is 3.09. The fraction of sp³-hybridized carbons (Fsp3) is 0.0400. The maximum atomic E-state index is 12.6. The first kappa shape index (κ1) is 23.6. The number of carbonyl (C=O) groups is 1. The first-order chi connectivity index (χ1) is 17.9. The van der Waals surface area contributed by atoms with Gasteiger partial charge in [-0.15, -0.1) is 10.2 Å². The third kappa shape index (κ3) is 5.13. The Balaban J connectivity index is 1.25. The highest BCUT2D eigenvalue weighted by Gasteiger charge is 2.16. The van der Waals surface area contributed by atoms with Gasteiger partial charge in [0.15, 0.2) is 10.9 Å². The summed E-state index contributed by atoms with van der Waals surface area (Å²) < 4.78 is 10.8. The van der Waals surface area contributed by atoms with Gasteiger partial charge in [-0.05, 0) is 66.8 Å². The van der Waals surface area contributed by atoms with E-state index in [-0.39, 0.29) is 16.6 Å². The van der Waals surface area contributed by atoms with E-state index in [9.17, 15) is 14.9 Å². The van der Waals surface area contributed by atoms with Crippen LogP contribution in [0.4, 0.5) is 11.4 Å². The number of nitrogens with one attached hydrogen (secondary N) is 2. The Bertz CT molecular complexity index is 1640. The molecule has 184 valence electrons. The average molecular weight is 515 g/mol. The molecule has 0 radical (unpaired) electrons. The summed E-state index contributed by atoms with van der Waals surface area (Å²) in [7, 11) is 1.60. The molecule has 5 rings (SSSR count). The van der Waals surface area contributed by atoms with Crippen molar-refractivity contribution in [2.24, 2.45) is 0 Å². The Labute approximate surface area is 214 Å². The number of anilines is 1.